The van der Waals surface area contributed by atoms with Crippen molar-refractivity contribution in [3.05, 3.63) is 36.2 Å². The number of rotatable bonds is 2. The average molecular weight is 328 g/mol. The molecule has 24 heavy (non-hydrogen) atoms. The smallest absolute Gasteiger partial charge is 0.320 e. The van der Waals surface area contributed by atoms with Gasteiger partial charge < -0.3 is 19.1 Å². The van der Waals surface area contributed by atoms with Crippen LogP contribution in [-0.2, 0) is 4.74 Å². The van der Waals surface area contributed by atoms with E-state index in [0.717, 1.165) is 24.9 Å². The molecule has 1 aromatic heterocycles. The lowest BCUT2D eigenvalue weighted by Crippen LogP contribution is -2.47. The number of nitrogens with zero attached hydrogens (tertiary/aromatic N) is 4. The van der Waals surface area contributed by atoms with E-state index in [1.54, 1.807) is 0 Å². The molecule has 0 bridgehead atoms. The first kappa shape index (κ1) is 15.1. The van der Waals surface area contributed by atoms with Crippen molar-refractivity contribution in [2.24, 2.45) is 0 Å². The number of benzene rings is 1. The van der Waals surface area contributed by atoms with Crippen LogP contribution in [0.15, 0.2) is 34.9 Å². The van der Waals surface area contributed by atoms with E-state index in [-0.39, 0.29) is 12.1 Å². The van der Waals surface area contributed by atoms with E-state index < -0.39 is 0 Å². The molecule has 0 radical (unpaired) electrons. The Morgan fingerprint density at radius 2 is 1.92 bits per heavy atom. The number of amides is 2. The van der Waals surface area contributed by atoms with Gasteiger partial charge in [-0.25, -0.2) is 4.79 Å². The molecule has 0 spiro atoms. The number of carbonyl (C=O) groups excluding carboxylic acids is 1. The highest BCUT2D eigenvalue weighted by atomic mass is 16.5. The van der Waals surface area contributed by atoms with Crippen molar-refractivity contribution in [1.82, 2.24) is 19.9 Å². The second-order valence-electron chi connectivity index (χ2n) is 6.06. The zero-order valence-electron chi connectivity index (χ0n) is 13.4. The number of hydrogen-bond acceptors (Lipinski definition) is 5. The van der Waals surface area contributed by atoms with E-state index in [1.807, 2.05) is 40.1 Å². The third-order valence-electron chi connectivity index (χ3n) is 4.54. The van der Waals surface area contributed by atoms with Crippen molar-refractivity contribution in [3.8, 4) is 11.4 Å². The first-order valence-corrected chi connectivity index (χ1v) is 8.35. The fraction of sp³-hybridized carbons (Fsp3) is 0.471. The quantitative estimate of drug-likeness (QED) is 0.846. The zero-order chi connectivity index (χ0) is 16.4. The van der Waals surface area contributed by atoms with Gasteiger partial charge in [-0.3, -0.25) is 0 Å². The van der Waals surface area contributed by atoms with Gasteiger partial charge in [0.15, 0.2) is 0 Å². The Hall–Kier alpha value is -2.41. The summed E-state index contributed by atoms with van der Waals surface area (Å²) in [4.78, 5) is 21.0. The van der Waals surface area contributed by atoms with Gasteiger partial charge in [-0.05, 0) is 12.8 Å². The monoisotopic (exact) mass is 328 g/mol. The largest absolute Gasteiger partial charge is 0.378 e. The summed E-state index contributed by atoms with van der Waals surface area (Å²) in [6.45, 7) is 3.21. The highest BCUT2D eigenvalue weighted by molar-refractivity contribution is 5.75. The maximum absolute atomic E-state index is 12.8. The van der Waals surface area contributed by atoms with Gasteiger partial charge in [0.25, 0.3) is 0 Å². The van der Waals surface area contributed by atoms with Gasteiger partial charge in [0.1, 0.15) is 6.04 Å². The number of hydrogen-bond donors (Lipinski definition) is 0. The Morgan fingerprint density at radius 1 is 1.12 bits per heavy atom. The van der Waals surface area contributed by atoms with E-state index in [1.165, 1.54) is 0 Å². The van der Waals surface area contributed by atoms with Crippen LogP contribution in [0.5, 0.6) is 0 Å². The number of carbonyl (C=O) groups is 1. The molecule has 4 rings (SSSR count). The van der Waals surface area contributed by atoms with Crippen molar-refractivity contribution in [1.29, 1.82) is 0 Å². The Bertz CT molecular complexity index is 697. The summed E-state index contributed by atoms with van der Waals surface area (Å²) in [5.74, 6) is 1.09. The summed E-state index contributed by atoms with van der Waals surface area (Å²) in [6.07, 6.45) is 1.80. The summed E-state index contributed by atoms with van der Waals surface area (Å²) in [6, 6.07) is 9.62. The summed E-state index contributed by atoms with van der Waals surface area (Å²) in [5, 5.41) is 4.08. The third-order valence-corrected chi connectivity index (χ3v) is 4.54. The van der Waals surface area contributed by atoms with E-state index in [9.17, 15) is 4.79 Å². The van der Waals surface area contributed by atoms with Crippen LogP contribution in [0.25, 0.3) is 11.4 Å². The van der Waals surface area contributed by atoms with Gasteiger partial charge in [0, 0.05) is 25.2 Å². The van der Waals surface area contributed by atoms with Crippen molar-refractivity contribution in [2.45, 2.75) is 18.9 Å². The standard InChI is InChI=1S/C17H20N4O3/c22-17(20-9-11-23-12-10-20)21-8-4-7-14(21)16-18-15(19-24-16)13-5-2-1-3-6-13/h1-3,5-6,14H,4,7-12H2/t14-/m0/s1. The van der Waals surface area contributed by atoms with Crippen LogP contribution in [-0.4, -0.2) is 58.8 Å². The number of morpholine rings is 1. The van der Waals surface area contributed by atoms with Gasteiger partial charge in [-0.1, -0.05) is 35.5 Å². The van der Waals surface area contributed by atoms with Gasteiger partial charge in [-0.15, -0.1) is 0 Å². The van der Waals surface area contributed by atoms with E-state index >= 15 is 0 Å². The number of urea groups is 1. The molecule has 1 atom stereocenters. The molecule has 7 nitrogen and oxygen atoms in total. The summed E-state index contributed by atoms with van der Waals surface area (Å²) < 4.78 is 10.8. The average Bonchev–Trinajstić information content (AvgIpc) is 3.32. The van der Waals surface area contributed by atoms with Crippen LogP contribution in [0.2, 0.25) is 0 Å². The highest BCUT2D eigenvalue weighted by Gasteiger charge is 2.36. The van der Waals surface area contributed by atoms with E-state index in [4.69, 9.17) is 9.26 Å². The molecule has 3 heterocycles. The molecule has 2 fully saturated rings. The highest BCUT2D eigenvalue weighted by Crippen LogP contribution is 2.32. The predicted molar refractivity (Wildman–Crippen MR) is 86.2 cm³/mol. The molecule has 0 saturated carbocycles. The fourth-order valence-electron chi connectivity index (χ4n) is 3.26. The molecular weight excluding hydrogens is 308 g/mol. The molecule has 2 amide bonds. The normalized spacial score (nSPS) is 21.2. The van der Waals surface area contributed by atoms with Crippen LogP contribution in [0.1, 0.15) is 24.8 Å². The molecule has 0 unspecified atom stereocenters. The maximum Gasteiger partial charge on any atom is 0.320 e. The van der Waals surface area contributed by atoms with E-state index in [2.05, 4.69) is 10.1 Å². The predicted octanol–water partition coefficient (Wildman–Crippen LogP) is 2.33. The lowest BCUT2D eigenvalue weighted by Gasteiger charge is -2.32. The first-order chi connectivity index (χ1) is 11.8. The Balaban J connectivity index is 1.52. The molecule has 1 aromatic carbocycles. The molecule has 126 valence electrons. The van der Waals surface area contributed by atoms with Crippen molar-refractivity contribution >= 4 is 6.03 Å². The molecule has 2 aliphatic rings. The lowest BCUT2D eigenvalue weighted by molar-refractivity contribution is 0.0410. The van der Waals surface area contributed by atoms with E-state index in [0.29, 0.717) is 38.0 Å². The summed E-state index contributed by atoms with van der Waals surface area (Å²) >= 11 is 0. The second-order valence-corrected chi connectivity index (χ2v) is 6.06. The molecular formula is C17H20N4O3. The molecule has 2 saturated heterocycles. The van der Waals surface area contributed by atoms with Crippen molar-refractivity contribution in [3.63, 3.8) is 0 Å². The zero-order valence-corrected chi connectivity index (χ0v) is 13.4. The molecule has 2 aromatic rings. The minimum absolute atomic E-state index is 0.0419. The van der Waals surface area contributed by atoms with Crippen molar-refractivity contribution in [2.75, 3.05) is 32.8 Å². The van der Waals surface area contributed by atoms with Crippen LogP contribution in [0, 0.1) is 0 Å². The number of ether oxygens (including phenoxy) is 1. The van der Waals surface area contributed by atoms with Crippen molar-refractivity contribution < 1.29 is 14.1 Å². The van der Waals surface area contributed by atoms with Crippen LogP contribution in [0.3, 0.4) is 0 Å². The van der Waals surface area contributed by atoms with Crippen LogP contribution in [0.4, 0.5) is 4.79 Å². The van der Waals surface area contributed by atoms with Crippen LogP contribution >= 0.6 is 0 Å². The van der Waals surface area contributed by atoms with Gasteiger partial charge in [0.05, 0.1) is 13.2 Å². The Labute approximate surface area is 140 Å². The van der Waals surface area contributed by atoms with Gasteiger partial charge >= 0.3 is 6.03 Å². The van der Waals surface area contributed by atoms with Crippen LogP contribution < -0.4 is 0 Å². The first-order valence-electron chi connectivity index (χ1n) is 8.35. The lowest BCUT2D eigenvalue weighted by atomic mass is 10.2. The maximum atomic E-state index is 12.8. The molecule has 0 aliphatic carbocycles. The SMILES string of the molecule is O=C(N1CCOCC1)N1CCC[C@H]1c1nc(-c2ccccc2)no1. The number of aromatic nitrogens is 2. The third kappa shape index (κ3) is 2.87. The molecule has 0 N–H and O–H groups in total. The van der Waals surface area contributed by atoms with Gasteiger partial charge in [-0.2, -0.15) is 4.98 Å². The fourth-order valence-corrected chi connectivity index (χ4v) is 3.26. The minimum Gasteiger partial charge on any atom is -0.378 e. The Morgan fingerprint density at radius 3 is 2.71 bits per heavy atom. The van der Waals surface area contributed by atoms with Gasteiger partial charge in [0.2, 0.25) is 11.7 Å². The topological polar surface area (TPSA) is 71.7 Å². The number of likely N-dealkylation sites (tertiary alicyclic amines) is 1. The minimum atomic E-state index is -0.134. The second kappa shape index (κ2) is 6.60. The molecule has 7 heteroatoms. The Kier molecular flexibility index (Phi) is 4.17. The summed E-state index contributed by atoms with van der Waals surface area (Å²) in [7, 11) is 0. The molecule has 2 aliphatic heterocycles. The summed E-state index contributed by atoms with van der Waals surface area (Å²) in [5.41, 5.74) is 0.913.